The van der Waals surface area contributed by atoms with E-state index in [1.807, 2.05) is 0 Å². The van der Waals surface area contributed by atoms with Gasteiger partial charge in [-0.05, 0) is 19.1 Å². The standard InChI is InChI=1S/C15H13N7O3/c1-8-6-11(17-14(24)10-4-3-5-25-10)22(20-8)15-18-12-9(13(23)19-15)7-16-21(12)2/h3-7,9H,1-2H3,(H,17,24). The van der Waals surface area contributed by atoms with Gasteiger partial charge in [-0.2, -0.15) is 24.9 Å². The van der Waals surface area contributed by atoms with E-state index in [1.54, 1.807) is 32.2 Å². The molecule has 0 radical (unpaired) electrons. The number of amides is 2. The summed E-state index contributed by atoms with van der Waals surface area (Å²) in [6.07, 6.45) is 2.90. The fraction of sp³-hybridized carbons (Fsp3) is 0.200. The zero-order valence-electron chi connectivity index (χ0n) is 13.4. The molecule has 2 aliphatic heterocycles. The highest BCUT2D eigenvalue weighted by Crippen LogP contribution is 2.19. The molecule has 1 unspecified atom stereocenters. The van der Waals surface area contributed by atoms with Gasteiger partial charge in [-0.25, -0.2) is 0 Å². The normalized spacial score (nSPS) is 18.9. The summed E-state index contributed by atoms with van der Waals surface area (Å²) in [6, 6.07) is 4.80. The van der Waals surface area contributed by atoms with Crippen LogP contribution in [-0.4, -0.2) is 51.7 Å². The summed E-state index contributed by atoms with van der Waals surface area (Å²) >= 11 is 0. The predicted octanol–water partition coefficient (Wildman–Crippen LogP) is 0.727. The first-order valence-corrected chi connectivity index (χ1v) is 7.44. The number of fused-ring (bicyclic) bond motifs is 1. The van der Waals surface area contributed by atoms with Crippen molar-refractivity contribution >= 4 is 35.6 Å². The SMILES string of the molecule is Cc1cc(NC(=O)c2ccco2)n(C2=NC(=O)C3C=NN(C)C3=N2)n1. The average Bonchev–Trinajstić information content (AvgIpc) is 3.29. The van der Waals surface area contributed by atoms with Gasteiger partial charge in [0.2, 0.25) is 0 Å². The van der Waals surface area contributed by atoms with Gasteiger partial charge in [-0.3, -0.25) is 14.6 Å². The smallest absolute Gasteiger partial charge is 0.292 e. The van der Waals surface area contributed by atoms with E-state index in [9.17, 15) is 9.59 Å². The van der Waals surface area contributed by atoms with Gasteiger partial charge >= 0.3 is 0 Å². The van der Waals surface area contributed by atoms with Crippen molar-refractivity contribution in [3.05, 3.63) is 35.9 Å². The molecule has 126 valence electrons. The fourth-order valence-corrected chi connectivity index (χ4v) is 2.53. The van der Waals surface area contributed by atoms with Crippen LogP contribution in [0.25, 0.3) is 0 Å². The summed E-state index contributed by atoms with van der Waals surface area (Å²) in [7, 11) is 1.69. The number of carbonyl (C=O) groups excluding carboxylic acids is 2. The van der Waals surface area contributed by atoms with E-state index in [1.165, 1.54) is 22.2 Å². The maximum absolute atomic E-state index is 12.2. The summed E-state index contributed by atoms with van der Waals surface area (Å²) in [4.78, 5) is 32.7. The number of amidine groups is 1. The molecule has 0 fully saturated rings. The Morgan fingerprint density at radius 3 is 2.96 bits per heavy atom. The molecule has 2 aliphatic rings. The highest BCUT2D eigenvalue weighted by atomic mass is 16.3. The molecule has 4 rings (SSSR count). The van der Waals surface area contributed by atoms with E-state index in [4.69, 9.17) is 4.42 Å². The lowest BCUT2D eigenvalue weighted by atomic mass is 10.1. The molecule has 0 bridgehead atoms. The van der Waals surface area contributed by atoms with Gasteiger partial charge in [0.1, 0.15) is 17.6 Å². The van der Waals surface area contributed by atoms with Crippen LogP contribution in [0.1, 0.15) is 16.2 Å². The Balaban J connectivity index is 1.69. The van der Waals surface area contributed by atoms with Crippen molar-refractivity contribution in [3.8, 4) is 0 Å². The third-order valence-corrected chi connectivity index (χ3v) is 3.70. The highest BCUT2D eigenvalue weighted by Gasteiger charge is 2.35. The number of nitrogens with one attached hydrogen (secondary N) is 1. The topological polar surface area (TPSA) is 117 Å². The van der Waals surface area contributed by atoms with Crippen molar-refractivity contribution in [2.24, 2.45) is 21.0 Å². The second kappa shape index (κ2) is 5.51. The van der Waals surface area contributed by atoms with Gasteiger partial charge in [-0.1, -0.05) is 0 Å². The number of nitrogens with zero attached hydrogens (tertiary/aromatic N) is 6. The molecule has 10 nitrogen and oxygen atoms in total. The van der Waals surface area contributed by atoms with Crippen LogP contribution >= 0.6 is 0 Å². The molecule has 10 heteroatoms. The molecule has 2 aromatic heterocycles. The first kappa shape index (κ1) is 15.0. The number of rotatable bonds is 2. The number of aliphatic imine (C=N–C) groups is 2. The van der Waals surface area contributed by atoms with Gasteiger partial charge in [0.15, 0.2) is 5.76 Å². The largest absolute Gasteiger partial charge is 0.459 e. The lowest BCUT2D eigenvalue weighted by molar-refractivity contribution is -0.118. The van der Waals surface area contributed by atoms with Crippen LogP contribution in [0.4, 0.5) is 5.82 Å². The van der Waals surface area contributed by atoms with E-state index in [0.717, 1.165) is 0 Å². The van der Waals surface area contributed by atoms with Crippen LogP contribution < -0.4 is 5.32 Å². The molecule has 25 heavy (non-hydrogen) atoms. The zero-order chi connectivity index (χ0) is 17.6. The number of aryl methyl sites for hydroxylation is 1. The second-order valence-corrected chi connectivity index (χ2v) is 5.50. The summed E-state index contributed by atoms with van der Waals surface area (Å²) in [6.45, 7) is 1.75. The minimum absolute atomic E-state index is 0.0662. The quantitative estimate of drug-likeness (QED) is 0.865. The molecule has 0 spiro atoms. The number of aromatic nitrogens is 2. The monoisotopic (exact) mass is 339 g/mol. The predicted molar refractivity (Wildman–Crippen MR) is 88.6 cm³/mol. The van der Waals surface area contributed by atoms with E-state index in [2.05, 4.69) is 25.5 Å². The van der Waals surface area contributed by atoms with E-state index in [0.29, 0.717) is 17.3 Å². The van der Waals surface area contributed by atoms with Gasteiger partial charge in [-0.15, -0.1) is 0 Å². The molecule has 1 N–H and O–H groups in total. The van der Waals surface area contributed by atoms with Crippen LogP contribution in [0.3, 0.4) is 0 Å². The second-order valence-electron chi connectivity index (χ2n) is 5.50. The number of hydrogen-bond donors (Lipinski definition) is 1. The van der Waals surface area contributed by atoms with Crippen LogP contribution in [0, 0.1) is 12.8 Å². The van der Waals surface area contributed by atoms with Crippen molar-refractivity contribution in [2.75, 3.05) is 12.4 Å². The third-order valence-electron chi connectivity index (χ3n) is 3.70. The molecule has 0 saturated carbocycles. The Morgan fingerprint density at radius 1 is 1.36 bits per heavy atom. The van der Waals surface area contributed by atoms with Crippen molar-refractivity contribution in [3.63, 3.8) is 0 Å². The lowest BCUT2D eigenvalue weighted by Crippen LogP contribution is -2.35. The molecular weight excluding hydrogens is 326 g/mol. The number of furan rings is 1. The number of anilines is 1. The minimum Gasteiger partial charge on any atom is -0.459 e. The van der Waals surface area contributed by atoms with Gasteiger partial charge in [0.05, 0.1) is 12.0 Å². The minimum atomic E-state index is -0.577. The number of carbonyl (C=O) groups is 2. The Bertz CT molecular complexity index is 952. The molecule has 2 aromatic rings. The molecule has 0 saturated heterocycles. The maximum atomic E-state index is 12.2. The van der Waals surface area contributed by atoms with E-state index >= 15 is 0 Å². The Labute approximate surface area is 141 Å². The first-order chi connectivity index (χ1) is 12.0. The average molecular weight is 339 g/mol. The summed E-state index contributed by atoms with van der Waals surface area (Å²) in [5.41, 5.74) is 0.628. The summed E-state index contributed by atoms with van der Waals surface area (Å²) < 4.78 is 6.38. The number of hydrazone groups is 1. The number of hydrogen-bond acceptors (Lipinski definition) is 7. The van der Waals surface area contributed by atoms with Crippen LogP contribution in [0.2, 0.25) is 0 Å². The van der Waals surface area contributed by atoms with E-state index in [-0.39, 0.29) is 17.6 Å². The highest BCUT2D eigenvalue weighted by molar-refractivity contribution is 6.24. The Kier molecular flexibility index (Phi) is 3.31. The van der Waals surface area contributed by atoms with Crippen molar-refractivity contribution in [1.29, 1.82) is 0 Å². The molecule has 1 atom stereocenters. The van der Waals surface area contributed by atoms with Crippen LogP contribution in [-0.2, 0) is 4.79 Å². The zero-order valence-corrected chi connectivity index (χ0v) is 13.4. The van der Waals surface area contributed by atoms with Crippen molar-refractivity contribution in [2.45, 2.75) is 6.92 Å². The Hall–Kier alpha value is -3.56. The van der Waals surface area contributed by atoms with Crippen molar-refractivity contribution in [1.82, 2.24) is 14.8 Å². The van der Waals surface area contributed by atoms with Gasteiger partial charge < -0.3 is 9.73 Å². The molecule has 2 amide bonds. The van der Waals surface area contributed by atoms with Gasteiger partial charge in [0.25, 0.3) is 17.8 Å². The van der Waals surface area contributed by atoms with Crippen LogP contribution in [0.5, 0.6) is 0 Å². The van der Waals surface area contributed by atoms with E-state index < -0.39 is 11.8 Å². The fourth-order valence-electron chi connectivity index (χ4n) is 2.53. The van der Waals surface area contributed by atoms with Crippen LogP contribution in [0.15, 0.2) is 44.0 Å². The van der Waals surface area contributed by atoms with Gasteiger partial charge in [0, 0.05) is 19.3 Å². The summed E-state index contributed by atoms with van der Waals surface area (Å²) in [5.74, 6) is -0.392. The first-order valence-electron chi connectivity index (χ1n) is 7.44. The molecule has 4 heterocycles. The summed E-state index contributed by atoms with van der Waals surface area (Å²) in [5, 5.41) is 12.5. The molecule has 0 aliphatic carbocycles. The maximum Gasteiger partial charge on any atom is 0.292 e. The Morgan fingerprint density at radius 2 is 2.20 bits per heavy atom. The lowest BCUT2D eigenvalue weighted by Gasteiger charge is -2.17. The molecular formula is C15H13N7O3. The molecule has 0 aromatic carbocycles. The van der Waals surface area contributed by atoms with Crippen molar-refractivity contribution < 1.29 is 14.0 Å². The third kappa shape index (κ3) is 2.53.